The Labute approximate surface area is 127 Å². The molecule has 0 fully saturated rings. The van der Waals surface area contributed by atoms with Gasteiger partial charge in [0.15, 0.2) is 10.9 Å². The largest absolute Gasteiger partial charge is 0.358 e. The maximum absolute atomic E-state index is 12.7. The molecule has 106 valence electrons. The van der Waals surface area contributed by atoms with Crippen LogP contribution in [0.1, 0.15) is 23.0 Å². The topological polar surface area (TPSA) is 58.6 Å². The van der Waals surface area contributed by atoms with Crippen LogP contribution in [0.4, 0.5) is 0 Å². The standard InChI is InChI=1S/C16H15N3OS/c1-10-14(12-6-3-4-7-13(12)19-10)15(20)11(2)21-16-17-8-5-9-18-16/h3-9,11,19H,1-2H3/t11-/m0/s1. The molecule has 1 atom stereocenters. The molecule has 4 nitrogen and oxygen atoms in total. The number of rotatable bonds is 4. The van der Waals surface area contributed by atoms with Crippen LogP contribution < -0.4 is 0 Å². The SMILES string of the molecule is Cc1[nH]c2ccccc2c1C(=O)[C@H](C)Sc1ncccn1. The van der Waals surface area contributed by atoms with Crippen LogP contribution in [-0.4, -0.2) is 26.0 Å². The van der Waals surface area contributed by atoms with Gasteiger partial charge < -0.3 is 4.98 Å². The summed E-state index contributed by atoms with van der Waals surface area (Å²) in [7, 11) is 0. The normalized spacial score (nSPS) is 12.5. The van der Waals surface area contributed by atoms with Gasteiger partial charge in [-0.2, -0.15) is 0 Å². The van der Waals surface area contributed by atoms with Gasteiger partial charge in [0.05, 0.1) is 5.25 Å². The van der Waals surface area contributed by atoms with E-state index in [1.54, 1.807) is 18.5 Å². The average Bonchev–Trinajstić information content (AvgIpc) is 2.83. The second kappa shape index (κ2) is 5.69. The zero-order valence-corrected chi connectivity index (χ0v) is 12.6. The monoisotopic (exact) mass is 297 g/mol. The minimum absolute atomic E-state index is 0.0994. The first kappa shape index (κ1) is 13.8. The van der Waals surface area contributed by atoms with E-state index >= 15 is 0 Å². The highest BCUT2D eigenvalue weighted by atomic mass is 32.2. The molecular weight excluding hydrogens is 282 g/mol. The molecule has 0 spiro atoms. The number of H-pyrrole nitrogens is 1. The van der Waals surface area contributed by atoms with E-state index in [-0.39, 0.29) is 11.0 Å². The van der Waals surface area contributed by atoms with Crippen molar-refractivity contribution in [2.24, 2.45) is 0 Å². The van der Waals surface area contributed by atoms with Crippen molar-refractivity contribution in [1.82, 2.24) is 15.0 Å². The summed E-state index contributed by atoms with van der Waals surface area (Å²) in [6.07, 6.45) is 3.37. The van der Waals surface area contributed by atoms with Crippen LogP contribution in [0.5, 0.6) is 0 Å². The Morgan fingerprint density at radius 3 is 2.67 bits per heavy atom. The van der Waals surface area contributed by atoms with Crippen molar-refractivity contribution in [3.05, 3.63) is 54.0 Å². The lowest BCUT2D eigenvalue weighted by Crippen LogP contribution is -2.14. The summed E-state index contributed by atoms with van der Waals surface area (Å²) >= 11 is 1.38. The van der Waals surface area contributed by atoms with E-state index in [0.717, 1.165) is 22.2 Å². The Balaban J connectivity index is 1.91. The molecule has 0 amide bonds. The van der Waals surface area contributed by atoms with Crippen molar-refractivity contribution in [1.29, 1.82) is 0 Å². The lowest BCUT2D eigenvalue weighted by Gasteiger charge is -2.09. The van der Waals surface area contributed by atoms with Crippen LogP contribution in [-0.2, 0) is 0 Å². The molecule has 0 aliphatic heterocycles. The third-order valence-corrected chi connectivity index (χ3v) is 4.32. The number of hydrogen-bond donors (Lipinski definition) is 1. The van der Waals surface area contributed by atoms with E-state index in [1.165, 1.54) is 11.8 Å². The van der Waals surface area contributed by atoms with Gasteiger partial charge in [0.25, 0.3) is 0 Å². The van der Waals surface area contributed by atoms with E-state index in [2.05, 4.69) is 15.0 Å². The van der Waals surface area contributed by atoms with Gasteiger partial charge >= 0.3 is 0 Å². The van der Waals surface area contributed by atoms with Crippen LogP contribution in [0.2, 0.25) is 0 Å². The Hall–Kier alpha value is -2.14. The van der Waals surface area contributed by atoms with Gasteiger partial charge in [-0.05, 0) is 26.0 Å². The fraction of sp³-hybridized carbons (Fsp3) is 0.188. The maximum atomic E-state index is 12.7. The quantitative estimate of drug-likeness (QED) is 0.454. The zero-order chi connectivity index (χ0) is 14.8. The number of carbonyl (C=O) groups excluding carboxylic acids is 1. The van der Waals surface area contributed by atoms with E-state index in [4.69, 9.17) is 0 Å². The molecule has 2 aromatic heterocycles. The summed E-state index contributed by atoms with van der Waals surface area (Å²) in [6.45, 7) is 3.83. The van der Waals surface area contributed by atoms with E-state index in [0.29, 0.717) is 5.16 Å². The van der Waals surface area contributed by atoms with Gasteiger partial charge in [0.1, 0.15) is 0 Å². The second-order valence-corrected chi connectivity index (χ2v) is 6.13. The summed E-state index contributed by atoms with van der Waals surface area (Å²) in [6, 6.07) is 9.63. The number of aryl methyl sites for hydroxylation is 1. The van der Waals surface area contributed by atoms with Gasteiger partial charge in [-0.15, -0.1) is 0 Å². The summed E-state index contributed by atoms with van der Waals surface area (Å²) in [4.78, 5) is 24.3. The van der Waals surface area contributed by atoms with Crippen molar-refractivity contribution in [3.63, 3.8) is 0 Å². The average molecular weight is 297 g/mol. The summed E-state index contributed by atoms with van der Waals surface area (Å²) in [5, 5.41) is 1.36. The molecule has 1 N–H and O–H groups in total. The number of ketones is 1. The van der Waals surface area contributed by atoms with Crippen molar-refractivity contribution in [2.45, 2.75) is 24.3 Å². The first-order chi connectivity index (χ1) is 10.2. The van der Waals surface area contributed by atoms with Gasteiger partial charge in [-0.25, -0.2) is 9.97 Å². The highest BCUT2D eigenvalue weighted by Crippen LogP contribution is 2.28. The number of fused-ring (bicyclic) bond motifs is 1. The number of aromatic amines is 1. The molecule has 0 unspecified atom stereocenters. The fourth-order valence-corrected chi connectivity index (χ4v) is 3.14. The lowest BCUT2D eigenvalue weighted by atomic mass is 10.1. The summed E-state index contributed by atoms with van der Waals surface area (Å²) in [5.41, 5.74) is 2.66. The predicted molar refractivity (Wildman–Crippen MR) is 84.7 cm³/mol. The van der Waals surface area contributed by atoms with Crippen molar-refractivity contribution < 1.29 is 4.79 Å². The summed E-state index contributed by atoms with van der Waals surface area (Å²) < 4.78 is 0. The van der Waals surface area contributed by atoms with E-state index in [1.807, 2.05) is 38.1 Å². The molecule has 3 aromatic rings. The predicted octanol–water partition coefficient (Wildman–Crippen LogP) is 3.63. The number of thioether (sulfide) groups is 1. The van der Waals surface area contributed by atoms with Gasteiger partial charge in [0.2, 0.25) is 0 Å². The minimum Gasteiger partial charge on any atom is -0.358 e. The molecule has 5 heteroatoms. The van der Waals surface area contributed by atoms with Crippen LogP contribution >= 0.6 is 11.8 Å². The van der Waals surface area contributed by atoms with Crippen LogP contribution in [0, 0.1) is 6.92 Å². The van der Waals surface area contributed by atoms with E-state index < -0.39 is 0 Å². The molecule has 0 radical (unpaired) electrons. The number of para-hydroxylation sites is 1. The number of aromatic nitrogens is 3. The summed E-state index contributed by atoms with van der Waals surface area (Å²) in [5.74, 6) is 0.0994. The third kappa shape index (κ3) is 2.69. The molecule has 3 rings (SSSR count). The Kier molecular flexibility index (Phi) is 3.75. The molecular formula is C16H15N3OS. The molecule has 0 aliphatic carbocycles. The van der Waals surface area contributed by atoms with Crippen LogP contribution in [0.25, 0.3) is 10.9 Å². The highest BCUT2D eigenvalue weighted by Gasteiger charge is 2.22. The number of hydrogen-bond acceptors (Lipinski definition) is 4. The number of nitrogens with one attached hydrogen (secondary N) is 1. The molecule has 0 aliphatic rings. The third-order valence-electron chi connectivity index (χ3n) is 3.33. The van der Waals surface area contributed by atoms with Crippen molar-refractivity contribution >= 4 is 28.4 Å². The molecule has 0 bridgehead atoms. The first-order valence-electron chi connectivity index (χ1n) is 6.72. The lowest BCUT2D eigenvalue weighted by molar-refractivity contribution is 0.0995. The molecule has 0 saturated heterocycles. The van der Waals surface area contributed by atoms with Crippen molar-refractivity contribution in [2.75, 3.05) is 0 Å². The zero-order valence-electron chi connectivity index (χ0n) is 11.8. The Morgan fingerprint density at radius 2 is 1.90 bits per heavy atom. The van der Waals surface area contributed by atoms with Crippen LogP contribution in [0.3, 0.4) is 0 Å². The smallest absolute Gasteiger partial charge is 0.188 e. The molecule has 0 saturated carbocycles. The highest BCUT2D eigenvalue weighted by molar-refractivity contribution is 8.00. The molecule has 2 heterocycles. The number of benzene rings is 1. The van der Waals surface area contributed by atoms with Gasteiger partial charge in [0, 0.05) is 34.6 Å². The van der Waals surface area contributed by atoms with Gasteiger partial charge in [-0.1, -0.05) is 30.0 Å². The van der Waals surface area contributed by atoms with Crippen molar-refractivity contribution in [3.8, 4) is 0 Å². The minimum atomic E-state index is -0.231. The number of Topliss-reactive ketones (excluding diaryl/α,β-unsaturated/α-hetero) is 1. The molecule has 21 heavy (non-hydrogen) atoms. The number of nitrogens with zero attached hydrogens (tertiary/aromatic N) is 2. The Bertz CT molecular complexity index is 783. The first-order valence-corrected chi connectivity index (χ1v) is 7.60. The maximum Gasteiger partial charge on any atom is 0.188 e. The van der Waals surface area contributed by atoms with Crippen LogP contribution in [0.15, 0.2) is 47.9 Å². The van der Waals surface area contributed by atoms with E-state index in [9.17, 15) is 4.79 Å². The number of carbonyl (C=O) groups is 1. The van der Waals surface area contributed by atoms with Gasteiger partial charge in [-0.3, -0.25) is 4.79 Å². The fourth-order valence-electron chi connectivity index (χ4n) is 2.36. The Morgan fingerprint density at radius 1 is 1.19 bits per heavy atom. The second-order valence-electron chi connectivity index (χ2n) is 4.83. The molecule has 1 aromatic carbocycles.